The lowest BCUT2D eigenvalue weighted by Gasteiger charge is -2.04. The maximum atomic E-state index is 12.2. The molecule has 0 spiro atoms. The van der Waals surface area contributed by atoms with Gasteiger partial charge in [0.15, 0.2) is 0 Å². The van der Waals surface area contributed by atoms with Crippen LogP contribution < -0.4 is 10.1 Å². The van der Waals surface area contributed by atoms with E-state index in [0.29, 0.717) is 13.2 Å². The van der Waals surface area contributed by atoms with Crippen molar-refractivity contribution in [2.24, 2.45) is 0 Å². The van der Waals surface area contributed by atoms with E-state index >= 15 is 0 Å². The number of hydrogen-bond acceptors (Lipinski definition) is 5. The van der Waals surface area contributed by atoms with Gasteiger partial charge in [0.2, 0.25) is 5.91 Å². The van der Waals surface area contributed by atoms with Gasteiger partial charge in [-0.1, -0.05) is 24.3 Å². The van der Waals surface area contributed by atoms with E-state index in [1.165, 1.54) is 11.3 Å². The molecule has 1 amide bonds. The number of hydrogen-bond donors (Lipinski definition) is 1. The number of ether oxygens (including phenoxy) is 1. The lowest BCUT2D eigenvalue weighted by molar-refractivity contribution is -0.120. The molecule has 0 aliphatic rings. The second-order valence-electron chi connectivity index (χ2n) is 5.96. The summed E-state index contributed by atoms with van der Waals surface area (Å²) < 4.78 is 7.64. The topological polar surface area (TPSA) is 68.5 Å². The summed E-state index contributed by atoms with van der Waals surface area (Å²) in [4.78, 5) is 21.0. The van der Waals surface area contributed by atoms with Gasteiger partial charge in [0.05, 0.1) is 30.4 Å². The molecule has 1 aromatic carbocycles. The smallest absolute Gasteiger partial charge is 0.226 e. The van der Waals surface area contributed by atoms with E-state index in [1.54, 1.807) is 6.20 Å². The van der Waals surface area contributed by atoms with Gasteiger partial charge in [0, 0.05) is 11.6 Å². The second-order valence-corrected chi connectivity index (χ2v) is 6.90. The van der Waals surface area contributed by atoms with Crippen molar-refractivity contribution in [1.82, 2.24) is 19.7 Å². The van der Waals surface area contributed by atoms with Crippen molar-refractivity contribution < 1.29 is 9.53 Å². The van der Waals surface area contributed by atoms with Crippen LogP contribution in [0.25, 0.3) is 5.52 Å². The van der Waals surface area contributed by atoms with Crippen LogP contribution in [0.15, 0.2) is 66.3 Å². The maximum absolute atomic E-state index is 12.2. The minimum Gasteiger partial charge on any atom is -0.486 e. The number of carbonyl (C=O) groups excluding carboxylic acids is 1. The summed E-state index contributed by atoms with van der Waals surface area (Å²) in [7, 11) is 0. The third-order valence-corrected chi connectivity index (χ3v) is 4.88. The predicted molar refractivity (Wildman–Crippen MR) is 104 cm³/mol. The van der Waals surface area contributed by atoms with E-state index in [4.69, 9.17) is 4.74 Å². The summed E-state index contributed by atoms with van der Waals surface area (Å²) in [6, 6.07) is 15.5. The van der Waals surface area contributed by atoms with Crippen molar-refractivity contribution in [3.63, 3.8) is 0 Å². The molecule has 0 unspecified atom stereocenters. The van der Waals surface area contributed by atoms with Gasteiger partial charge >= 0.3 is 0 Å². The second kappa shape index (κ2) is 8.01. The Bertz CT molecular complexity index is 1040. The number of amides is 1. The fraction of sp³-hybridized carbons (Fsp3) is 0.150. The Labute approximate surface area is 160 Å². The Morgan fingerprint density at radius 2 is 2.00 bits per heavy atom. The molecule has 0 fully saturated rings. The van der Waals surface area contributed by atoms with Crippen LogP contribution in [0, 0.1) is 0 Å². The molecular weight excluding hydrogens is 360 g/mol. The summed E-state index contributed by atoms with van der Waals surface area (Å²) in [5, 5.41) is 5.65. The van der Waals surface area contributed by atoms with Crippen LogP contribution in [0.1, 0.15) is 16.5 Å². The highest BCUT2D eigenvalue weighted by atomic mass is 32.1. The van der Waals surface area contributed by atoms with Crippen molar-refractivity contribution in [3.8, 4) is 5.75 Å². The summed E-state index contributed by atoms with van der Waals surface area (Å²) in [5.74, 6) is 1.52. The first-order chi connectivity index (χ1) is 13.3. The van der Waals surface area contributed by atoms with Crippen LogP contribution in [-0.4, -0.2) is 20.3 Å². The van der Waals surface area contributed by atoms with Crippen LogP contribution in [0.5, 0.6) is 5.75 Å². The van der Waals surface area contributed by atoms with E-state index in [9.17, 15) is 4.79 Å². The molecule has 1 N–H and O–H groups in total. The molecule has 3 aromatic heterocycles. The monoisotopic (exact) mass is 378 g/mol. The number of fused-ring (bicyclic) bond motifs is 1. The lowest BCUT2D eigenvalue weighted by Crippen LogP contribution is -2.25. The van der Waals surface area contributed by atoms with Gasteiger partial charge in [0.25, 0.3) is 0 Å². The third kappa shape index (κ3) is 4.32. The van der Waals surface area contributed by atoms with Gasteiger partial charge in [-0.3, -0.25) is 4.79 Å². The molecule has 6 nitrogen and oxygen atoms in total. The fourth-order valence-corrected chi connectivity index (χ4v) is 3.40. The average molecular weight is 378 g/mol. The number of thiazole rings is 1. The van der Waals surface area contributed by atoms with Crippen LogP contribution >= 0.6 is 11.3 Å². The van der Waals surface area contributed by atoms with E-state index < -0.39 is 0 Å². The van der Waals surface area contributed by atoms with E-state index in [2.05, 4.69) is 15.3 Å². The van der Waals surface area contributed by atoms with E-state index in [0.717, 1.165) is 27.8 Å². The quantitative estimate of drug-likeness (QED) is 0.536. The zero-order valence-electron chi connectivity index (χ0n) is 14.5. The Morgan fingerprint density at radius 3 is 2.89 bits per heavy atom. The standard InChI is InChI=1S/C20H18N4O2S/c25-19(22-12-18-21-11-16-6-4-5-9-24(16)18)10-15-14-27-20(23-15)13-26-17-7-2-1-3-8-17/h1-9,11,14H,10,12-13H2,(H,22,25). The third-order valence-electron chi connectivity index (χ3n) is 4.01. The first-order valence-corrected chi connectivity index (χ1v) is 9.45. The molecule has 4 rings (SSSR count). The molecule has 0 aliphatic carbocycles. The molecule has 0 aliphatic heterocycles. The molecule has 0 atom stereocenters. The minimum atomic E-state index is -0.0801. The predicted octanol–water partition coefficient (Wildman–Crippen LogP) is 3.23. The minimum absolute atomic E-state index is 0.0801. The van der Waals surface area contributed by atoms with Crippen molar-refractivity contribution in [3.05, 3.63) is 82.8 Å². The number of rotatable bonds is 7. The van der Waals surface area contributed by atoms with Gasteiger partial charge in [-0.25, -0.2) is 9.97 Å². The highest BCUT2D eigenvalue weighted by molar-refractivity contribution is 7.09. The SMILES string of the molecule is O=C(Cc1csc(COc2ccccc2)n1)NCc1ncc2ccccn12. The van der Waals surface area contributed by atoms with Crippen LogP contribution in [-0.2, 0) is 24.4 Å². The Balaban J connectivity index is 1.29. The number of pyridine rings is 1. The average Bonchev–Trinajstić information content (AvgIpc) is 3.32. The van der Waals surface area contributed by atoms with E-state index in [-0.39, 0.29) is 12.3 Å². The molecule has 136 valence electrons. The number of benzene rings is 1. The van der Waals surface area contributed by atoms with E-state index in [1.807, 2.05) is 64.5 Å². The zero-order valence-corrected chi connectivity index (χ0v) is 15.4. The Hall–Kier alpha value is -3.19. The summed E-state index contributed by atoms with van der Waals surface area (Å²) in [5.41, 5.74) is 1.75. The van der Waals surface area contributed by atoms with Gasteiger partial charge < -0.3 is 14.5 Å². The lowest BCUT2D eigenvalue weighted by atomic mass is 10.3. The zero-order chi connectivity index (χ0) is 18.5. The number of imidazole rings is 1. The number of nitrogens with zero attached hydrogens (tertiary/aromatic N) is 3. The maximum Gasteiger partial charge on any atom is 0.226 e. The number of nitrogens with one attached hydrogen (secondary N) is 1. The molecule has 0 saturated carbocycles. The first kappa shape index (κ1) is 17.2. The number of aromatic nitrogens is 3. The normalized spacial score (nSPS) is 10.8. The molecule has 0 radical (unpaired) electrons. The number of carbonyl (C=O) groups is 1. The van der Waals surface area contributed by atoms with Crippen molar-refractivity contribution in [2.45, 2.75) is 19.6 Å². The van der Waals surface area contributed by atoms with Gasteiger partial charge in [-0.2, -0.15) is 0 Å². The summed E-state index contributed by atoms with van der Waals surface area (Å²) in [6.45, 7) is 0.779. The molecule has 4 aromatic rings. The Kier molecular flexibility index (Phi) is 5.11. The van der Waals surface area contributed by atoms with Crippen molar-refractivity contribution >= 4 is 22.8 Å². The van der Waals surface area contributed by atoms with Crippen molar-refractivity contribution in [1.29, 1.82) is 0 Å². The molecule has 0 bridgehead atoms. The molecule has 0 saturated heterocycles. The van der Waals surface area contributed by atoms with Crippen molar-refractivity contribution in [2.75, 3.05) is 0 Å². The van der Waals surface area contributed by atoms with Gasteiger partial charge in [-0.15, -0.1) is 11.3 Å². The molecular formula is C20H18N4O2S. The highest BCUT2D eigenvalue weighted by Gasteiger charge is 2.10. The van der Waals surface area contributed by atoms with Gasteiger partial charge in [-0.05, 0) is 24.3 Å². The van der Waals surface area contributed by atoms with Crippen LogP contribution in [0.2, 0.25) is 0 Å². The fourth-order valence-electron chi connectivity index (χ4n) is 2.69. The van der Waals surface area contributed by atoms with Crippen LogP contribution in [0.3, 0.4) is 0 Å². The summed E-state index contributed by atoms with van der Waals surface area (Å²) >= 11 is 1.50. The Morgan fingerprint density at radius 1 is 1.15 bits per heavy atom. The largest absolute Gasteiger partial charge is 0.486 e. The molecule has 7 heteroatoms. The van der Waals surface area contributed by atoms with Crippen LogP contribution in [0.4, 0.5) is 0 Å². The molecule has 27 heavy (non-hydrogen) atoms. The first-order valence-electron chi connectivity index (χ1n) is 8.57. The molecule has 3 heterocycles. The van der Waals surface area contributed by atoms with Gasteiger partial charge in [0.1, 0.15) is 23.2 Å². The highest BCUT2D eigenvalue weighted by Crippen LogP contribution is 2.15. The number of para-hydroxylation sites is 1. The summed E-state index contributed by atoms with van der Waals surface area (Å²) in [6.07, 6.45) is 3.97.